The van der Waals surface area contributed by atoms with Gasteiger partial charge in [-0.3, -0.25) is 9.69 Å². The minimum absolute atomic E-state index is 0.0264. The van der Waals surface area contributed by atoms with E-state index in [2.05, 4.69) is 10.2 Å². The molecule has 2 N–H and O–H groups in total. The third kappa shape index (κ3) is 4.02. The molecule has 1 aliphatic rings. The van der Waals surface area contributed by atoms with E-state index < -0.39 is 0 Å². The first kappa shape index (κ1) is 16.7. The molecular weight excluding hydrogens is 300 g/mol. The Hall–Kier alpha value is -2.17. The number of piperidine rings is 1. The number of nitrogens with zero attached hydrogens (tertiary/aromatic N) is 1. The van der Waals surface area contributed by atoms with Crippen LogP contribution in [0.1, 0.15) is 30.0 Å². The Morgan fingerprint density at radius 1 is 1.08 bits per heavy atom. The number of nitrogens with one attached hydrogen (secondary N) is 1. The van der Waals surface area contributed by atoms with Crippen molar-refractivity contribution in [1.29, 1.82) is 0 Å². The van der Waals surface area contributed by atoms with Crippen molar-refractivity contribution in [1.82, 2.24) is 4.90 Å². The maximum Gasteiger partial charge on any atom is 0.246 e. The van der Waals surface area contributed by atoms with Crippen LogP contribution in [0.15, 0.2) is 54.6 Å². The van der Waals surface area contributed by atoms with E-state index in [-0.39, 0.29) is 18.1 Å². The Morgan fingerprint density at radius 3 is 2.33 bits per heavy atom. The van der Waals surface area contributed by atoms with E-state index in [0.29, 0.717) is 12.8 Å². The zero-order valence-electron chi connectivity index (χ0n) is 14.0. The Balaban J connectivity index is 1.81. The van der Waals surface area contributed by atoms with Crippen LogP contribution in [0.5, 0.6) is 0 Å². The predicted octanol–water partition coefficient (Wildman–Crippen LogP) is 3.13. The number of hydrogen-bond acceptors (Lipinski definition) is 3. The van der Waals surface area contributed by atoms with Gasteiger partial charge >= 0.3 is 0 Å². The molecule has 3 rings (SSSR count). The number of anilines is 1. The van der Waals surface area contributed by atoms with Crippen molar-refractivity contribution in [2.75, 3.05) is 18.4 Å². The molecule has 1 fully saturated rings. The van der Waals surface area contributed by atoms with Gasteiger partial charge in [-0.15, -0.1) is 0 Å². The van der Waals surface area contributed by atoms with E-state index in [4.69, 9.17) is 0 Å². The summed E-state index contributed by atoms with van der Waals surface area (Å²) in [6, 6.07) is 17.4. The third-order valence-corrected chi connectivity index (χ3v) is 4.55. The van der Waals surface area contributed by atoms with Gasteiger partial charge in [0.1, 0.15) is 6.04 Å². The average molecular weight is 324 g/mol. The molecule has 1 unspecified atom stereocenters. The summed E-state index contributed by atoms with van der Waals surface area (Å²) in [6.07, 6.45) is 1.17. The topological polar surface area (TPSA) is 52.6 Å². The quantitative estimate of drug-likeness (QED) is 0.908. The SMILES string of the molecule is Cc1ccc(NC(=O)C(c2ccccc2)N2CCC(O)CC2)cc1. The highest BCUT2D eigenvalue weighted by atomic mass is 16.3. The van der Waals surface area contributed by atoms with Crippen LogP contribution < -0.4 is 5.32 Å². The molecule has 4 heteroatoms. The molecule has 126 valence electrons. The van der Waals surface area contributed by atoms with Crippen LogP contribution in [-0.4, -0.2) is 35.1 Å². The molecule has 1 atom stereocenters. The van der Waals surface area contributed by atoms with E-state index in [1.54, 1.807) is 0 Å². The molecule has 4 nitrogen and oxygen atoms in total. The van der Waals surface area contributed by atoms with Crippen molar-refractivity contribution >= 4 is 11.6 Å². The fourth-order valence-electron chi connectivity index (χ4n) is 3.15. The average Bonchev–Trinajstić information content (AvgIpc) is 2.60. The maximum atomic E-state index is 13.0. The van der Waals surface area contributed by atoms with Gasteiger partial charge in [0, 0.05) is 18.8 Å². The number of aliphatic hydroxyl groups excluding tert-OH is 1. The van der Waals surface area contributed by atoms with Gasteiger partial charge in [-0.1, -0.05) is 48.0 Å². The number of rotatable bonds is 4. The van der Waals surface area contributed by atoms with Gasteiger partial charge in [0.15, 0.2) is 0 Å². The van der Waals surface area contributed by atoms with Crippen molar-refractivity contribution in [3.8, 4) is 0 Å². The molecule has 0 aromatic heterocycles. The predicted molar refractivity (Wildman–Crippen MR) is 95.8 cm³/mol. The summed E-state index contributed by atoms with van der Waals surface area (Å²) in [5.74, 6) is -0.0264. The van der Waals surface area contributed by atoms with Crippen LogP contribution in [0.25, 0.3) is 0 Å². The monoisotopic (exact) mass is 324 g/mol. The van der Waals surface area contributed by atoms with Crippen molar-refractivity contribution in [2.45, 2.75) is 31.9 Å². The second kappa shape index (κ2) is 7.60. The molecule has 2 aromatic carbocycles. The minimum atomic E-state index is -0.333. The number of carbonyl (C=O) groups excluding carboxylic acids is 1. The second-order valence-electron chi connectivity index (χ2n) is 6.44. The number of amides is 1. The summed E-state index contributed by atoms with van der Waals surface area (Å²) < 4.78 is 0. The van der Waals surface area contributed by atoms with Crippen LogP contribution in [0, 0.1) is 6.92 Å². The minimum Gasteiger partial charge on any atom is -0.393 e. The lowest BCUT2D eigenvalue weighted by Gasteiger charge is -2.35. The standard InChI is InChI=1S/C20H24N2O2/c1-15-7-9-17(10-8-15)21-20(24)19(16-5-3-2-4-6-16)22-13-11-18(23)12-14-22/h2-10,18-19,23H,11-14H2,1H3,(H,21,24). The molecule has 0 aliphatic carbocycles. The van der Waals surface area contributed by atoms with Crippen molar-refractivity contribution < 1.29 is 9.90 Å². The van der Waals surface area contributed by atoms with Crippen LogP contribution in [0.3, 0.4) is 0 Å². The van der Waals surface area contributed by atoms with Gasteiger partial charge in [-0.2, -0.15) is 0 Å². The maximum absolute atomic E-state index is 13.0. The molecule has 1 saturated heterocycles. The van der Waals surface area contributed by atoms with E-state index in [1.807, 2.05) is 61.5 Å². The van der Waals surface area contributed by atoms with Crippen LogP contribution in [-0.2, 0) is 4.79 Å². The van der Waals surface area contributed by atoms with Crippen molar-refractivity contribution in [2.24, 2.45) is 0 Å². The number of carbonyl (C=O) groups is 1. The Bertz CT molecular complexity index is 662. The highest BCUT2D eigenvalue weighted by Gasteiger charge is 2.30. The molecular formula is C20H24N2O2. The summed E-state index contributed by atoms with van der Waals surface area (Å²) in [4.78, 5) is 15.1. The molecule has 0 saturated carbocycles. The fraction of sp³-hybridized carbons (Fsp3) is 0.350. The fourth-order valence-corrected chi connectivity index (χ4v) is 3.15. The van der Waals surface area contributed by atoms with Gasteiger partial charge in [0.2, 0.25) is 5.91 Å². The molecule has 1 amide bonds. The Kier molecular flexibility index (Phi) is 5.28. The number of likely N-dealkylation sites (tertiary alicyclic amines) is 1. The number of aliphatic hydroxyl groups is 1. The molecule has 24 heavy (non-hydrogen) atoms. The molecule has 1 aliphatic heterocycles. The zero-order valence-corrected chi connectivity index (χ0v) is 14.0. The third-order valence-electron chi connectivity index (χ3n) is 4.55. The van der Waals surface area contributed by atoms with Crippen molar-refractivity contribution in [3.05, 3.63) is 65.7 Å². The van der Waals surface area contributed by atoms with Crippen LogP contribution in [0.4, 0.5) is 5.69 Å². The van der Waals surface area contributed by atoms with E-state index in [9.17, 15) is 9.90 Å². The van der Waals surface area contributed by atoms with Gasteiger partial charge in [0.25, 0.3) is 0 Å². The van der Waals surface area contributed by atoms with E-state index in [0.717, 1.165) is 29.9 Å². The van der Waals surface area contributed by atoms with Gasteiger partial charge in [0.05, 0.1) is 6.10 Å². The first-order valence-electron chi connectivity index (χ1n) is 8.48. The lowest BCUT2D eigenvalue weighted by Crippen LogP contribution is -2.43. The summed E-state index contributed by atoms with van der Waals surface area (Å²) in [7, 11) is 0. The summed E-state index contributed by atoms with van der Waals surface area (Å²) >= 11 is 0. The Morgan fingerprint density at radius 2 is 1.71 bits per heavy atom. The summed E-state index contributed by atoms with van der Waals surface area (Å²) in [6.45, 7) is 3.47. The molecule has 1 heterocycles. The zero-order chi connectivity index (χ0) is 16.9. The van der Waals surface area contributed by atoms with Crippen LogP contribution >= 0.6 is 0 Å². The number of aryl methyl sites for hydroxylation is 1. The number of hydrogen-bond donors (Lipinski definition) is 2. The largest absolute Gasteiger partial charge is 0.393 e. The van der Waals surface area contributed by atoms with Gasteiger partial charge in [-0.25, -0.2) is 0 Å². The van der Waals surface area contributed by atoms with Gasteiger partial charge < -0.3 is 10.4 Å². The first-order valence-corrected chi connectivity index (χ1v) is 8.48. The second-order valence-corrected chi connectivity index (χ2v) is 6.44. The first-order chi connectivity index (χ1) is 11.6. The molecule has 2 aromatic rings. The lowest BCUT2D eigenvalue weighted by atomic mass is 9.99. The summed E-state index contributed by atoms with van der Waals surface area (Å²) in [5, 5.41) is 12.8. The Labute approximate surface area is 143 Å². The smallest absolute Gasteiger partial charge is 0.246 e. The number of benzene rings is 2. The van der Waals surface area contributed by atoms with E-state index in [1.165, 1.54) is 0 Å². The molecule has 0 bridgehead atoms. The van der Waals surface area contributed by atoms with E-state index >= 15 is 0 Å². The normalized spacial score (nSPS) is 17.4. The molecule has 0 spiro atoms. The summed E-state index contributed by atoms with van der Waals surface area (Å²) in [5.41, 5.74) is 2.96. The lowest BCUT2D eigenvalue weighted by molar-refractivity contribution is -0.122. The molecule has 0 radical (unpaired) electrons. The van der Waals surface area contributed by atoms with Crippen LogP contribution in [0.2, 0.25) is 0 Å². The highest BCUT2D eigenvalue weighted by Crippen LogP contribution is 2.26. The van der Waals surface area contributed by atoms with Gasteiger partial charge in [-0.05, 0) is 37.5 Å². The highest BCUT2D eigenvalue weighted by molar-refractivity contribution is 5.95. The van der Waals surface area contributed by atoms with Crippen molar-refractivity contribution in [3.63, 3.8) is 0 Å².